The van der Waals surface area contributed by atoms with Gasteiger partial charge in [0.2, 0.25) is 0 Å². The molecule has 1 aromatic heterocycles. The first-order chi connectivity index (χ1) is 9.56. The molecule has 104 valence electrons. The van der Waals surface area contributed by atoms with E-state index in [0.29, 0.717) is 18.7 Å². The van der Waals surface area contributed by atoms with E-state index < -0.39 is 0 Å². The lowest BCUT2D eigenvalue weighted by Gasteiger charge is -2.28. The van der Waals surface area contributed by atoms with Gasteiger partial charge in [0.25, 0.3) is 5.91 Å². The first-order valence-corrected chi connectivity index (χ1v) is 6.65. The summed E-state index contributed by atoms with van der Waals surface area (Å²) in [5.41, 5.74) is 3.74. The van der Waals surface area contributed by atoms with Crippen LogP contribution in [0.2, 0.25) is 0 Å². The van der Waals surface area contributed by atoms with Crippen LogP contribution in [0, 0.1) is 6.92 Å². The topological polar surface area (TPSA) is 58.4 Å². The minimum Gasteiger partial charge on any atom is -0.508 e. The highest BCUT2D eigenvalue weighted by Gasteiger charge is 2.24. The van der Waals surface area contributed by atoms with Gasteiger partial charge in [0.1, 0.15) is 5.75 Å². The van der Waals surface area contributed by atoms with Gasteiger partial charge in [0.05, 0.1) is 11.8 Å². The molecule has 0 fully saturated rings. The molecule has 5 nitrogen and oxygen atoms in total. The Morgan fingerprint density at radius 3 is 2.85 bits per heavy atom. The Balaban J connectivity index is 1.86. The summed E-state index contributed by atoms with van der Waals surface area (Å²) in [6, 6.07) is 5.37. The molecular formula is C15H17N3O2. The Hall–Kier alpha value is -2.30. The number of amides is 1. The van der Waals surface area contributed by atoms with Crippen LogP contribution in [0.4, 0.5) is 0 Å². The van der Waals surface area contributed by atoms with Crippen molar-refractivity contribution < 1.29 is 9.90 Å². The number of hydrogen-bond donors (Lipinski definition) is 1. The van der Waals surface area contributed by atoms with Crippen molar-refractivity contribution >= 4 is 5.91 Å². The average Bonchev–Trinajstić information content (AvgIpc) is 2.77. The van der Waals surface area contributed by atoms with Crippen LogP contribution in [0.5, 0.6) is 5.75 Å². The Bertz CT molecular complexity index is 676. The van der Waals surface area contributed by atoms with Gasteiger partial charge < -0.3 is 10.0 Å². The van der Waals surface area contributed by atoms with E-state index in [1.165, 1.54) is 5.56 Å². The fourth-order valence-electron chi connectivity index (χ4n) is 2.60. The molecule has 2 heterocycles. The molecule has 1 aliphatic heterocycles. The first kappa shape index (κ1) is 12.7. The maximum Gasteiger partial charge on any atom is 0.257 e. The van der Waals surface area contributed by atoms with Gasteiger partial charge in [0, 0.05) is 25.8 Å². The molecule has 0 radical (unpaired) electrons. The zero-order valence-electron chi connectivity index (χ0n) is 11.6. The normalized spacial score (nSPS) is 14.2. The highest BCUT2D eigenvalue weighted by Crippen LogP contribution is 2.24. The molecule has 0 atom stereocenters. The molecule has 1 aliphatic rings. The highest BCUT2D eigenvalue weighted by molar-refractivity contribution is 5.95. The fourth-order valence-corrected chi connectivity index (χ4v) is 2.60. The molecule has 0 unspecified atom stereocenters. The molecule has 5 heteroatoms. The monoisotopic (exact) mass is 271 g/mol. The predicted octanol–water partition coefficient (Wildman–Crippen LogP) is 1.63. The first-order valence-electron chi connectivity index (χ1n) is 6.65. The summed E-state index contributed by atoms with van der Waals surface area (Å²) < 4.78 is 1.71. The van der Waals surface area contributed by atoms with Crippen molar-refractivity contribution in [2.75, 3.05) is 6.54 Å². The number of rotatable bonds is 1. The van der Waals surface area contributed by atoms with E-state index in [-0.39, 0.29) is 11.7 Å². The highest BCUT2D eigenvalue weighted by atomic mass is 16.3. The van der Waals surface area contributed by atoms with Crippen molar-refractivity contribution in [2.45, 2.75) is 19.9 Å². The molecule has 1 N–H and O–H groups in total. The standard InChI is InChI=1S/C15H17N3O2/c1-10-14(8-16-17(10)2)15(20)18-6-5-11-3-4-13(19)7-12(11)9-18/h3-4,7-8,19H,5-6,9H2,1-2H3. The van der Waals surface area contributed by atoms with Gasteiger partial charge in [-0.15, -0.1) is 0 Å². The third kappa shape index (κ3) is 2.05. The molecule has 1 amide bonds. The van der Waals surface area contributed by atoms with E-state index in [1.54, 1.807) is 23.0 Å². The summed E-state index contributed by atoms with van der Waals surface area (Å²) >= 11 is 0. The average molecular weight is 271 g/mol. The maximum absolute atomic E-state index is 12.5. The number of benzene rings is 1. The Morgan fingerprint density at radius 2 is 2.15 bits per heavy atom. The quantitative estimate of drug-likeness (QED) is 0.857. The minimum absolute atomic E-state index is 0.00425. The predicted molar refractivity (Wildman–Crippen MR) is 74.5 cm³/mol. The lowest BCUT2D eigenvalue weighted by molar-refractivity contribution is 0.0733. The van der Waals surface area contributed by atoms with Crippen molar-refractivity contribution in [1.82, 2.24) is 14.7 Å². The zero-order chi connectivity index (χ0) is 14.3. The second kappa shape index (κ2) is 4.67. The molecule has 1 aromatic carbocycles. The van der Waals surface area contributed by atoms with Gasteiger partial charge in [-0.2, -0.15) is 5.10 Å². The number of aromatic nitrogens is 2. The summed E-state index contributed by atoms with van der Waals surface area (Å²) in [6.45, 7) is 3.13. The number of fused-ring (bicyclic) bond motifs is 1. The van der Waals surface area contributed by atoms with Crippen LogP contribution in [0.25, 0.3) is 0 Å². The van der Waals surface area contributed by atoms with Crippen LogP contribution >= 0.6 is 0 Å². The van der Waals surface area contributed by atoms with Gasteiger partial charge in [-0.1, -0.05) is 6.07 Å². The number of phenolic OH excluding ortho intramolecular Hbond substituents is 1. The summed E-state index contributed by atoms with van der Waals surface area (Å²) in [6.07, 6.45) is 2.44. The van der Waals surface area contributed by atoms with E-state index in [0.717, 1.165) is 17.7 Å². The van der Waals surface area contributed by atoms with Crippen LogP contribution in [-0.2, 0) is 20.0 Å². The van der Waals surface area contributed by atoms with Crippen LogP contribution in [0.15, 0.2) is 24.4 Å². The maximum atomic E-state index is 12.5. The fraction of sp³-hybridized carbons (Fsp3) is 0.333. The van der Waals surface area contributed by atoms with Crippen LogP contribution < -0.4 is 0 Å². The van der Waals surface area contributed by atoms with Crippen LogP contribution in [0.3, 0.4) is 0 Å². The van der Waals surface area contributed by atoms with Gasteiger partial charge >= 0.3 is 0 Å². The minimum atomic E-state index is 0.00425. The number of phenols is 1. The smallest absolute Gasteiger partial charge is 0.257 e. The SMILES string of the molecule is Cc1c(C(=O)N2CCc3ccc(O)cc3C2)cnn1C. The van der Waals surface area contributed by atoms with E-state index in [4.69, 9.17) is 0 Å². The summed E-state index contributed by atoms with van der Waals surface area (Å²) in [7, 11) is 1.83. The van der Waals surface area contributed by atoms with E-state index in [9.17, 15) is 9.90 Å². The molecule has 2 aromatic rings. The Labute approximate surface area is 117 Å². The lowest BCUT2D eigenvalue weighted by Crippen LogP contribution is -2.36. The van der Waals surface area contributed by atoms with Crippen molar-refractivity contribution in [2.24, 2.45) is 7.05 Å². The molecule has 0 saturated heterocycles. The molecule has 3 rings (SSSR count). The summed E-state index contributed by atoms with van der Waals surface area (Å²) in [4.78, 5) is 14.4. The van der Waals surface area contributed by atoms with Gasteiger partial charge in [0.15, 0.2) is 0 Å². The molecule has 20 heavy (non-hydrogen) atoms. The third-order valence-electron chi connectivity index (χ3n) is 3.95. The van der Waals surface area contributed by atoms with Crippen molar-refractivity contribution in [1.29, 1.82) is 0 Å². The van der Waals surface area contributed by atoms with Crippen LogP contribution in [-0.4, -0.2) is 32.2 Å². The number of aromatic hydroxyl groups is 1. The van der Waals surface area contributed by atoms with Crippen LogP contribution in [0.1, 0.15) is 27.2 Å². The number of hydrogen-bond acceptors (Lipinski definition) is 3. The van der Waals surface area contributed by atoms with Gasteiger partial charge in [-0.05, 0) is 36.6 Å². The van der Waals surface area contributed by atoms with E-state index in [1.807, 2.05) is 24.9 Å². The van der Waals surface area contributed by atoms with Crippen molar-refractivity contribution in [3.8, 4) is 5.75 Å². The molecule has 0 spiro atoms. The second-order valence-corrected chi connectivity index (χ2v) is 5.20. The number of aryl methyl sites for hydroxylation is 1. The molecule has 0 saturated carbocycles. The van der Waals surface area contributed by atoms with Crippen molar-refractivity contribution in [3.63, 3.8) is 0 Å². The van der Waals surface area contributed by atoms with E-state index in [2.05, 4.69) is 5.10 Å². The zero-order valence-corrected chi connectivity index (χ0v) is 11.6. The third-order valence-corrected chi connectivity index (χ3v) is 3.95. The van der Waals surface area contributed by atoms with Gasteiger partial charge in [-0.25, -0.2) is 0 Å². The van der Waals surface area contributed by atoms with E-state index >= 15 is 0 Å². The lowest BCUT2D eigenvalue weighted by atomic mass is 9.99. The summed E-state index contributed by atoms with van der Waals surface area (Å²) in [5, 5.41) is 13.7. The van der Waals surface area contributed by atoms with Crippen molar-refractivity contribution in [3.05, 3.63) is 46.8 Å². The largest absolute Gasteiger partial charge is 0.508 e. The number of nitrogens with zero attached hydrogens (tertiary/aromatic N) is 3. The second-order valence-electron chi connectivity index (χ2n) is 5.20. The molecule has 0 bridgehead atoms. The molecular weight excluding hydrogens is 254 g/mol. The molecule has 0 aliphatic carbocycles. The Morgan fingerprint density at radius 1 is 1.35 bits per heavy atom. The summed E-state index contributed by atoms with van der Waals surface area (Å²) in [5.74, 6) is 0.250. The Kier molecular flexibility index (Phi) is 2.97. The number of carbonyl (C=O) groups is 1. The number of carbonyl (C=O) groups excluding carboxylic acids is 1. The van der Waals surface area contributed by atoms with Gasteiger partial charge in [-0.3, -0.25) is 9.48 Å².